The summed E-state index contributed by atoms with van der Waals surface area (Å²) >= 11 is 0. The molecule has 1 amide bonds. The maximum absolute atomic E-state index is 12.7. The lowest BCUT2D eigenvalue weighted by atomic mass is 10.0. The Kier molecular flexibility index (Phi) is 6.90. The number of amides is 1. The van der Waals surface area contributed by atoms with Crippen molar-refractivity contribution in [3.05, 3.63) is 67.1 Å². The molecular formula is C31H32N10O2. The first-order valence-corrected chi connectivity index (χ1v) is 14.4. The van der Waals surface area contributed by atoms with Gasteiger partial charge in [0.05, 0.1) is 11.4 Å². The zero-order chi connectivity index (χ0) is 29.5. The fourth-order valence-corrected chi connectivity index (χ4v) is 6.27. The number of anilines is 1. The number of pyridine rings is 1. The van der Waals surface area contributed by atoms with E-state index in [0.29, 0.717) is 35.1 Å². The van der Waals surface area contributed by atoms with E-state index in [1.807, 2.05) is 77.1 Å². The van der Waals surface area contributed by atoms with E-state index < -0.39 is 0 Å². The van der Waals surface area contributed by atoms with E-state index in [4.69, 9.17) is 15.2 Å². The number of rotatable bonds is 7. The molecule has 0 radical (unpaired) electrons. The van der Waals surface area contributed by atoms with Crippen LogP contribution < -0.4 is 5.73 Å². The van der Waals surface area contributed by atoms with Gasteiger partial charge in [-0.15, -0.1) is 10.2 Å². The highest BCUT2D eigenvalue weighted by molar-refractivity contribution is 5.98. The van der Waals surface area contributed by atoms with E-state index >= 15 is 0 Å². The number of benzene rings is 1. The van der Waals surface area contributed by atoms with Gasteiger partial charge in [-0.2, -0.15) is 5.10 Å². The number of nitrogen functional groups attached to an aromatic ring is 1. The lowest BCUT2D eigenvalue weighted by molar-refractivity contribution is -0.125. The van der Waals surface area contributed by atoms with E-state index in [1.165, 1.54) is 6.33 Å². The maximum atomic E-state index is 12.7. The molecule has 12 heteroatoms. The van der Waals surface area contributed by atoms with Gasteiger partial charge in [-0.1, -0.05) is 24.3 Å². The Morgan fingerprint density at radius 1 is 1.00 bits per heavy atom. The number of hydrogen-bond donors (Lipinski definition) is 1. The monoisotopic (exact) mass is 576 g/mol. The molecule has 2 unspecified atom stereocenters. The van der Waals surface area contributed by atoms with Gasteiger partial charge in [0.1, 0.15) is 23.5 Å². The number of carbonyl (C=O) groups excluding carboxylic acids is 1. The normalized spacial score (nSPS) is 20.1. The number of carbonyl (C=O) groups is 1. The minimum absolute atomic E-state index is 0.0945. The first-order valence-electron chi connectivity index (χ1n) is 14.4. The second kappa shape index (κ2) is 11.0. The Morgan fingerprint density at radius 3 is 2.47 bits per heavy atom. The SMILES string of the molecule is CN(C)CC=CC(=O)N1CC2CC(n3nc(-c4ccc(-c5nnc(-c6ccccn6)o5)cc4)c4c(N)ncnc43)CC2C1. The van der Waals surface area contributed by atoms with Gasteiger partial charge in [0.2, 0.25) is 11.8 Å². The highest BCUT2D eigenvalue weighted by atomic mass is 16.4. The summed E-state index contributed by atoms with van der Waals surface area (Å²) < 4.78 is 7.90. The van der Waals surface area contributed by atoms with Crippen molar-refractivity contribution in [2.45, 2.75) is 18.9 Å². The van der Waals surface area contributed by atoms with Crippen LogP contribution in [0.5, 0.6) is 0 Å². The van der Waals surface area contributed by atoms with E-state index in [9.17, 15) is 4.79 Å². The molecule has 1 aromatic carbocycles. The molecule has 1 aliphatic carbocycles. The standard InChI is InChI=1S/C31H32N10O2/c1-39(2)13-5-7-25(42)40-16-21-14-23(15-22(21)17-40)41-29-26(28(32)34-18-35-29)27(38-41)19-8-10-20(11-9-19)30-36-37-31(43-30)24-6-3-4-12-33-24/h3-12,18,21-23H,13-17H2,1-2H3,(H2,32,34,35). The average Bonchev–Trinajstić information content (AvgIpc) is 3.80. The molecule has 0 spiro atoms. The third-order valence-corrected chi connectivity index (χ3v) is 8.35. The van der Waals surface area contributed by atoms with Crippen LogP contribution in [-0.2, 0) is 4.79 Å². The predicted molar refractivity (Wildman–Crippen MR) is 161 cm³/mol. The van der Waals surface area contributed by atoms with Crippen LogP contribution >= 0.6 is 0 Å². The summed E-state index contributed by atoms with van der Waals surface area (Å²) in [5.74, 6) is 2.13. The van der Waals surface area contributed by atoms with E-state index in [2.05, 4.69) is 25.1 Å². The molecule has 4 aromatic heterocycles. The number of nitrogens with zero attached hydrogens (tertiary/aromatic N) is 9. The van der Waals surface area contributed by atoms with Gasteiger partial charge in [-0.25, -0.2) is 14.6 Å². The topological polar surface area (TPSA) is 145 Å². The van der Waals surface area contributed by atoms with Gasteiger partial charge in [0.25, 0.3) is 5.89 Å². The van der Waals surface area contributed by atoms with Crippen LogP contribution in [0.2, 0.25) is 0 Å². The highest BCUT2D eigenvalue weighted by Gasteiger charge is 2.43. The van der Waals surface area contributed by atoms with Gasteiger partial charge in [0, 0.05) is 43.0 Å². The minimum atomic E-state index is 0.0945. The molecule has 2 fully saturated rings. The summed E-state index contributed by atoms with van der Waals surface area (Å²) in [5, 5.41) is 14.2. The molecule has 1 saturated heterocycles. The molecule has 0 bridgehead atoms. The largest absolute Gasteiger partial charge is 0.415 e. The zero-order valence-electron chi connectivity index (χ0n) is 24.0. The van der Waals surface area contributed by atoms with Gasteiger partial charge in [-0.3, -0.25) is 9.78 Å². The average molecular weight is 577 g/mol. The predicted octanol–water partition coefficient (Wildman–Crippen LogP) is 3.71. The molecule has 43 heavy (non-hydrogen) atoms. The number of aromatic nitrogens is 7. The van der Waals surface area contributed by atoms with Crippen molar-refractivity contribution in [1.82, 2.24) is 44.7 Å². The van der Waals surface area contributed by atoms with Crippen molar-refractivity contribution in [2.75, 3.05) is 39.5 Å². The van der Waals surface area contributed by atoms with Crippen LogP contribution in [0.25, 0.3) is 45.3 Å². The molecular weight excluding hydrogens is 544 g/mol. The van der Waals surface area contributed by atoms with Crippen molar-refractivity contribution in [3.63, 3.8) is 0 Å². The summed E-state index contributed by atoms with van der Waals surface area (Å²) in [6, 6.07) is 13.5. The second-order valence-corrected chi connectivity index (χ2v) is 11.5. The van der Waals surface area contributed by atoms with Crippen molar-refractivity contribution < 1.29 is 9.21 Å². The van der Waals surface area contributed by atoms with Crippen molar-refractivity contribution in [1.29, 1.82) is 0 Å². The molecule has 12 nitrogen and oxygen atoms in total. The third kappa shape index (κ3) is 5.14. The summed E-state index contributed by atoms with van der Waals surface area (Å²) in [5.41, 5.74) is 10.1. The van der Waals surface area contributed by atoms with E-state index in [0.717, 1.165) is 60.3 Å². The van der Waals surface area contributed by atoms with Crippen molar-refractivity contribution in [3.8, 4) is 34.3 Å². The van der Waals surface area contributed by atoms with E-state index in [-0.39, 0.29) is 11.9 Å². The molecule has 2 atom stereocenters. The zero-order valence-corrected chi connectivity index (χ0v) is 24.0. The van der Waals surface area contributed by atoms with Gasteiger partial charge in [0.15, 0.2) is 5.65 Å². The summed E-state index contributed by atoms with van der Waals surface area (Å²) in [7, 11) is 3.98. The summed E-state index contributed by atoms with van der Waals surface area (Å²) in [4.78, 5) is 29.9. The number of fused-ring (bicyclic) bond motifs is 2. The number of likely N-dealkylation sites (tertiary alicyclic amines) is 1. The van der Waals surface area contributed by atoms with Crippen LogP contribution in [0.1, 0.15) is 18.9 Å². The Hall–Kier alpha value is -4.97. The minimum Gasteiger partial charge on any atom is -0.415 e. The highest BCUT2D eigenvalue weighted by Crippen LogP contribution is 2.45. The first-order chi connectivity index (χ1) is 20.9. The van der Waals surface area contributed by atoms with Gasteiger partial charge < -0.3 is 20.0 Å². The Labute approximate surface area is 248 Å². The second-order valence-electron chi connectivity index (χ2n) is 11.5. The molecule has 7 rings (SSSR count). The fraction of sp³-hybridized carbons (Fsp3) is 0.323. The molecule has 218 valence electrons. The Balaban J connectivity index is 1.11. The maximum Gasteiger partial charge on any atom is 0.266 e. The first kappa shape index (κ1) is 26.9. The van der Waals surface area contributed by atoms with Crippen LogP contribution in [0.15, 0.2) is 71.6 Å². The van der Waals surface area contributed by atoms with Crippen LogP contribution in [-0.4, -0.2) is 84.4 Å². The van der Waals surface area contributed by atoms with Gasteiger partial charge in [-0.05, 0) is 63.0 Å². The van der Waals surface area contributed by atoms with Crippen LogP contribution in [0.3, 0.4) is 0 Å². The molecule has 2 N–H and O–H groups in total. The number of nitrogens with two attached hydrogens (primary N) is 1. The fourth-order valence-electron chi connectivity index (χ4n) is 6.27. The molecule has 1 aliphatic heterocycles. The molecule has 2 aliphatic rings. The molecule has 5 heterocycles. The van der Waals surface area contributed by atoms with Crippen LogP contribution in [0, 0.1) is 11.8 Å². The lowest BCUT2D eigenvalue weighted by Crippen LogP contribution is -2.28. The Morgan fingerprint density at radius 2 is 1.74 bits per heavy atom. The summed E-state index contributed by atoms with van der Waals surface area (Å²) in [6.45, 7) is 2.30. The van der Waals surface area contributed by atoms with E-state index in [1.54, 1.807) is 12.3 Å². The summed E-state index contributed by atoms with van der Waals surface area (Å²) in [6.07, 6.45) is 8.68. The van der Waals surface area contributed by atoms with Gasteiger partial charge >= 0.3 is 0 Å². The molecule has 1 saturated carbocycles. The Bertz CT molecular complexity index is 1780. The molecule has 5 aromatic rings. The lowest BCUT2D eigenvalue weighted by Gasteiger charge is -2.18. The van der Waals surface area contributed by atoms with Crippen molar-refractivity contribution >= 4 is 22.8 Å². The van der Waals surface area contributed by atoms with Crippen molar-refractivity contribution in [2.24, 2.45) is 11.8 Å². The smallest absolute Gasteiger partial charge is 0.266 e. The quantitative estimate of drug-likeness (QED) is 0.285. The number of likely N-dealkylation sites (N-methyl/N-ethyl adjacent to an activating group) is 1. The van der Waals surface area contributed by atoms with Crippen LogP contribution in [0.4, 0.5) is 5.82 Å². The number of hydrogen-bond acceptors (Lipinski definition) is 10. The third-order valence-electron chi connectivity index (χ3n) is 8.35.